The lowest BCUT2D eigenvalue weighted by molar-refractivity contribution is 0.721. The van der Waals surface area contributed by atoms with Gasteiger partial charge in [-0.15, -0.1) is 0 Å². The second-order valence-electron chi connectivity index (χ2n) is 4.30. The molecule has 0 fully saturated rings. The molecule has 1 atom stereocenters. The highest BCUT2D eigenvalue weighted by atomic mass is 79.9. The maximum Gasteiger partial charge on any atom is 0.0335 e. The Labute approximate surface area is 111 Å². The highest BCUT2D eigenvalue weighted by Crippen LogP contribution is 2.21. The summed E-state index contributed by atoms with van der Waals surface area (Å²) < 4.78 is 1.15. The quantitative estimate of drug-likeness (QED) is 0.908. The molecule has 0 bridgehead atoms. The van der Waals surface area contributed by atoms with E-state index in [1.807, 2.05) is 18.2 Å². The number of aryl methyl sites for hydroxylation is 1. The van der Waals surface area contributed by atoms with Crippen LogP contribution in [0, 0.1) is 6.92 Å². The summed E-state index contributed by atoms with van der Waals surface area (Å²) in [6, 6.07) is 16.7. The summed E-state index contributed by atoms with van der Waals surface area (Å²) in [5.41, 5.74) is 9.90. The van der Waals surface area contributed by atoms with E-state index >= 15 is 0 Å². The van der Waals surface area contributed by atoms with Crippen molar-refractivity contribution in [3.05, 3.63) is 69.7 Å². The summed E-state index contributed by atoms with van der Waals surface area (Å²) in [6.07, 6.45) is 0.864. The standard InChI is InChI=1S/C15H16BrN/c1-11-7-8-12(9-14(11)16)10-15(17)13-5-3-2-4-6-13/h2-9,15H,10,17H2,1H3. The van der Waals surface area contributed by atoms with E-state index in [2.05, 4.69) is 53.2 Å². The van der Waals surface area contributed by atoms with Crippen molar-refractivity contribution in [2.24, 2.45) is 5.73 Å². The van der Waals surface area contributed by atoms with E-state index < -0.39 is 0 Å². The zero-order chi connectivity index (χ0) is 12.3. The van der Waals surface area contributed by atoms with Crippen molar-refractivity contribution in [1.82, 2.24) is 0 Å². The molecule has 2 aromatic carbocycles. The van der Waals surface area contributed by atoms with Gasteiger partial charge >= 0.3 is 0 Å². The molecular formula is C15H16BrN. The second kappa shape index (κ2) is 5.48. The first-order valence-electron chi connectivity index (χ1n) is 5.72. The molecule has 0 heterocycles. The van der Waals surface area contributed by atoms with Crippen LogP contribution < -0.4 is 5.73 Å². The van der Waals surface area contributed by atoms with Gasteiger partial charge in [-0.05, 0) is 36.1 Å². The van der Waals surface area contributed by atoms with Gasteiger partial charge in [0.1, 0.15) is 0 Å². The summed E-state index contributed by atoms with van der Waals surface area (Å²) >= 11 is 3.55. The largest absolute Gasteiger partial charge is 0.324 e. The van der Waals surface area contributed by atoms with Crippen LogP contribution in [0.25, 0.3) is 0 Å². The van der Waals surface area contributed by atoms with E-state index in [1.54, 1.807) is 0 Å². The van der Waals surface area contributed by atoms with Crippen LogP contribution in [0.4, 0.5) is 0 Å². The van der Waals surface area contributed by atoms with E-state index in [1.165, 1.54) is 16.7 Å². The first-order chi connectivity index (χ1) is 8.16. The van der Waals surface area contributed by atoms with Gasteiger partial charge in [0, 0.05) is 10.5 Å². The summed E-state index contributed by atoms with van der Waals surface area (Å²) in [6.45, 7) is 2.09. The Morgan fingerprint density at radius 1 is 1.12 bits per heavy atom. The lowest BCUT2D eigenvalue weighted by Gasteiger charge is -2.12. The van der Waals surface area contributed by atoms with Gasteiger partial charge in [0.05, 0.1) is 0 Å². The number of benzene rings is 2. The van der Waals surface area contributed by atoms with Crippen molar-refractivity contribution in [3.8, 4) is 0 Å². The molecule has 0 aliphatic rings. The Morgan fingerprint density at radius 2 is 1.82 bits per heavy atom. The van der Waals surface area contributed by atoms with Crippen LogP contribution in [0.5, 0.6) is 0 Å². The molecule has 17 heavy (non-hydrogen) atoms. The van der Waals surface area contributed by atoms with Crippen LogP contribution in [0.15, 0.2) is 53.0 Å². The van der Waals surface area contributed by atoms with Crippen LogP contribution in [0.1, 0.15) is 22.7 Å². The van der Waals surface area contributed by atoms with Crippen molar-refractivity contribution in [2.75, 3.05) is 0 Å². The zero-order valence-corrected chi connectivity index (χ0v) is 11.4. The van der Waals surface area contributed by atoms with Crippen molar-refractivity contribution < 1.29 is 0 Å². The molecule has 2 heteroatoms. The van der Waals surface area contributed by atoms with Gasteiger partial charge < -0.3 is 5.73 Å². The summed E-state index contributed by atoms with van der Waals surface area (Å²) in [5, 5.41) is 0. The molecule has 2 aromatic rings. The fourth-order valence-corrected chi connectivity index (χ4v) is 2.26. The zero-order valence-electron chi connectivity index (χ0n) is 9.86. The summed E-state index contributed by atoms with van der Waals surface area (Å²) in [7, 11) is 0. The molecule has 2 rings (SSSR count). The van der Waals surface area contributed by atoms with Crippen LogP contribution in [0.3, 0.4) is 0 Å². The molecule has 1 unspecified atom stereocenters. The van der Waals surface area contributed by atoms with Crippen molar-refractivity contribution >= 4 is 15.9 Å². The van der Waals surface area contributed by atoms with Gasteiger partial charge in [0.15, 0.2) is 0 Å². The minimum Gasteiger partial charge on any atom is -0.324 e. The predicted molar refractivity (Wildman–Crippen MR) is 76.0 cm³/mol. The molecule has 0 aliphatic heterocycles. The number of hydrogen-bond donors (Lipinski definition) is 1. The average Bonchev–Trinajstić information content (AvgIpc) is 2.35. The monoisotopic (exact) mass is 289 g/mol. The molecule has 0 saturated carbocycles. The van der Waals surface area contributed by atoms with Crippen LogP contribution in [-0.4, -0.2) is 0 Å². The van der Waals surface area contributed by atoms with Gasteiger partial charge in [-0.25, -0.2) is 0 Å². The number of rotatable bonds is 3. The predicted octanol–water partition coefficient (Wildman–Crippen LogP) is 4.00. The van der Waals surface area contributed by atoms with Crippen molar-refractivity contribution in [2.45, 2.75) is 19.4 Å². The number of nitrogens with two attached hydrogens (primary N) is 1. The maximum atomic E-state index is 6.20. The smallest absolute Gasteiger partial charge is 0.0335 e. The van der Waals surface area contributed by atoms with E-state index in [4.69, 9.17) is 5.73 Å². The molecule has 88 valence electrons. The maximum absolute atomic E-state index is 6.20. The lowest BCUT2D eigenvalue weighted by Crippen LogP contribution is -2.13. The topological polar surface area (TPSA) is 26.0 Å². The fourth-order valence-electron chi connectivity index (χ4n) is 1.84. The lowest BCUT2D eigenvalue weighted by atomic mass is 9.99. The minimum absolute atomic E-state index is 0.0609. The van der Waals surface area contributed by atoms with Crippen LogP contribution in [-0.2, 0) is 6.42 Å². The normalized spacial score (nSPS) is 12.4. The number of hydrogen-bond acceptors (Lipinski definition) is 1. The van der Waals surface area contributed by atoms with E-state index in [0.717, 1.165) is 10.9 Å². The highest BCUT2D eigenvalue weighted by molar-refractivity contribution is 9.10. The molecule has 0 radical (unpaired) electrons. The third-order valence-corrected chi connectivity index (χ3v) is 3.77. The fraction of sp³-hybridized carbons (Fsp3) is 0.200. The van der Waals surface area contributed by atoms with Gasteiger partial charge in [-0.3, -0.25) is 0 Å². The Morgan fingerprint density at radius 3 is 2.47 bits per heavy atom. The second-order valence-corrected chi connectivity index (χ2v) is 5.16. The molecule has 0 aliphatic carbocycles. The Hall–Kier alpha value is -1.12. The molecule has 1 nitrogen and oxygen atoms in total. The molecule has 0 saturated heterocycles. The van der Waals surface area contributed by atoms with Crippen molar-refractivity contribution in [3.63, 3.8) is 0 Å². The SMILES string of the molecule is Cc1ccc(CC(N)c2ccccc2)cc1Br. The van der Waals surface area contributed by atoms with Crippen LogP contribution >= 0.6 is 15.9 Å². The first-order valence-corrected chi connectivity index (χ1v) is 6.51. The van der Waals surface area contributed by atoms with Crippen LogP contribution in [0.2, 0.25) is 0 Å². The molecule has 0 amide bonds. The Bertz CT molecular complexity index is 494. The average molecular weight is 290 g/mol. The third-order valence-electron chi connectivity index (χ3n) is 2.92. The van der Waals surface area contributed by atoms with Crippen molar-refractivity contribution in [1.29, 1.82) is 0 Å². The summed E-state index contributed by atoms with van der Waals surface area (Å²) in [5.74, 6) is 0. The van der Waals surface area contributed by atoms with Gasteiger partial charge in [-0.2, -0.15) is 0 Å². The van der Waals surface area contributed by atoms with Gasteiger partial charge in [0.25, 0.3) is 0 Å². The Balaban J connectivity index is 2.13. The molecular weight excluding hydrogens is 274 g/mol. The van der Waals surface area contributed by atoms with E-state index in [-0.39, 0.29) is 6.04 Å². The molecule has 0 aromatic heterocycles. The van der Waals surface area contributed by atoms with E-state index in [0.29, 0.717) is 0 Å². The van der Waals surface area contributed by atoms with Gasteiger partial charge in [0.2, 0.25) is 0 Å². The third kappa shape index (κ3) is 3.18. The molecule has 2 N–H and O–H groups in total. The van der Waals surface area contributed by atoms with E-state index in [9.17, 15) is 0 Å². The minimum atomic E-state index is 0.0609. The summed E-state index contributed by atoms with van der Waals surface area (Å²) in [4.78, 5) is 0. The highest BCUT2D eigenvalue weighted by Gasteiger charge is 2.07. The molecule has 0 spiro atoms. The number of halogens is 1. The Kier molecular flexibility index (Phi) is 3.97. The first kappa shape index (κ1) is 12.3. The van der Waals surface area contributed by atoms with Gasteiger partial charge in [-0.1, -0.05) is 58.4 Å².